The summed E-state index contributed by atoms with van der Waals surface area (Å²) in [4.78, 5) is 12.5. The summed E-state index contributed by atoms with van der Waals surface area (Å²) in [7, 11) is 1.67. The summed E-state index contributed by atoms with van der Waals surface area (Å²) in [5.74, 6) is -0.0571. The van der Waals surface area contributed by atoms with Crippen molar-refractivity contribution in [2.75, 3.05) is 11.9 Å². The first-order valence-corrected chi connectivity index (χ1v) is 4.46. The Hall–Kier alpha value is -0.730. The minimum Gasteiger partial charge on any atom is -0.316 e. The van der Waals surface area contributed by atoms with Gasteiger partial charge in [0.1, 0.15) is 0 Å². The fourth-order valence-electron chi connectivity index (χ4n) is 0.915. The third-order valence-corrected chi connectivity index (χ3v) is 2.14. The molecule has 0 unspecified atom stereocenters. The highest BCUT2D eigenvalue weighted by atomic mass is 35.5. The molecule has 0 saturated carbocycles. The molecule has 0 heterocycles. The normalized spacial score (nSPS) is 9.85. The monoisotopic (exact) mass is 217 g/mol. The maximum atomic E-state index is 11.0. The summed E-state index contributed by atoms with van der Waals surface area (Å²) < 4.78 is 0. The van der Waals surface area contributed by atoms with Gasteiger partial charge in [-0.25, -0.2) is 0 Å². The lowest BCUT2D eigenvalue weighted by Gasteiger charge is -2.15. The molecule has 1 aromatic carbocycles. The van der Waals surface area contributed by atoms with Crippen molar-refractivity contribution >= 4 is 34.8 Å². The number of hydrogen-bond acceptors (Lipinski definition) is 1. The van der Waals surface area contributed by atoms with Crippen molar-refractivity contribution in [2.45, 2.75) is 6.92 Å². The van der Waals surface area contributed by atoms with Gasteiger partial charge in [0.15, 0.2) is 0 Å². The number of carbonyl (C=O) groups excluding carboxylic acids is 1. The predicted octanol–water partition coefficient (Wildman–Crippen LogP) is 2.98. The van der Waals surface area contributed by atoms with Gasteiger partial charge in [-0.15, -0.1) is 0 Å². The molecule has 0 aliphatic heterocycles. The van der Waals surface area contributed by atoms with Crippen LogP contribution in [0.3, 0.4) is 0 Å². The van der Waals surface area contributed by atoms with E-state index in [0.717, 1.165) is 0 Å². The van der Waals surface area contributed by atoms with E-state index in [1.807, 2.05) is 0 Å². The van der Waals surface area contributed by atoms with Crippen LogP contribution in [0.1, 0.15) is 6.92 Å². The molecule has 70 valence electrons. The Bertz CT molecular complexity index is 318. The van der Waals surface area contributed by atoms with Crippen molar-refractivity contribution in [3.05, 3.63) is 28.2 Å². The molecule has 0 fully saturated rings. The predicted molar refractivity (Wildman–Crippen MR) is 55.5 cm³/mol. The average Bonchev–Trinajstić information content (AvgIpc) is 2.01. The minimum absolute atomic E-state index is 0.0571. The van der Waals surface area contributed by atoms with Crippen molar-refractivity contribution in [2.24, 2.45) is 0 Å². The third-order valence-electron chi connectivity index (χ3n) is 1.71. The van der Waals surface area contributed by atoms with Gasteiger partial charge in [0.25, 0.3) is 0 Å². The Morgan fingerprint density at radius 2 is 1.69 bits per heavy atom. The first-order valence-electron chi connectivity index (χ1n) is 3.71. The molecule has 0 aromatic heterocycles. The van der Waals surface area contributed by atoms with Gasteiger partial charge in [0.05, 0.1) is 0 Å². The molecule has 13 heavy (non-hydrogen) atoms. The van der Waals surface area contributed by atoms with Gasteiger partial charge in [-0.3, -0.25) is 4.79 Å². The molecule has 1 rings (SSSR count). The first kappa shape index (κ1) is 10.4. The summed E-state index contributed by atoms with van der Waals surface area (Å²) in [6, 6.07) is 5.00. The maximum Gasteiger partial charge on any atom is 0.223 e. The zero-order valence-electron chi connectivity index (χ0n) is 7.34. The minimum atomic E-state index is -0.0571. The molecule has 4 heteroatoms. The molecule has 0 atom stereocenters. The Kier molecular flexibility index (Phi) is 3.17. The molecular weight excluding hydrogens is 209 g/mol. The molecule has 1 amide bonds. The van der Waals surface area contributed by atoms with E-state index in [0.29, 0.717) is 15.7 Å². The zero-order valence-corrected chi connectivity index (χ0v) is 8.86. The van der Waals surface area contributed by atoms with E-state index in [9.17, 15) is 4.79 Å². The number of anilines is 1. The van der Waals surface area contributed by atoms with Crippen LogP contribution in [0.5, 0.6) is 0 Å². The van der Waals surface area contributed by atoms with Crippen molar-refractivity contribution in [3.63, 3.8) is 0 Å². The van der Waals surface area contributed by atoms with Crippen molar-refractivity contribution < 1.29 is 4.79 Å². The number of nitrogens with zero attached hydrogens (tertiary/aromatic N) is 1. The van der Waals surface area contributed by atoms with Crippen molar-refractivity contribution in [1.29, 1.82) is 0 Å². The second-order valence-electron chi connectivity index (χ2n) is 2.71. The Morgan fingerprint density at radius 1 is 1.23 bits per heavy atom. The van der Waals surface area contributed by atoms with Crippen LogP contribution < -0.4 is 4.90 Å². The van der Waals surface area contributed by atoms with Crippen LogP contribution in [-0.2, 0) is 4.79 Å². The molecule has 0 N–H and O–H groups in total. The molecule has 0 bridgehead atoms. The van der Waals surface area contributed by atoms with E-state index in [1.165, 1.54) is 11.8 Å². The summed E-state index contributed by atoms with van der Waals surface area (Å²) in [5.41, 5.74) is 0.699. The highest BCUT2D eigenvalue weighted by molar-refractivity contribution is 6.35. The van der Waals surface area contributed by atoms with Crippen LogP contribution in [0.4, 0.5) is 5.69 Å². The lowest BCUT2D eigenvalue weighted by atomic mass is 10.3. The number of carbonyl (C=O) groups is 1. The number of halogens is 2. The van der Waals surface area contributed by atoms with Gasteiger partial charge < -0.3 is 4.90 Å². The summed E-state index contributed by atoms with van der Waals surface area (Å²) >= 11 is 11.6. The molecular formula is C9H9Cl2NO. The van der Waals surface area contributed by atoms with Gasteiger partial charge in [0, 0.05) is 29.7 Å². The first-order chi connectivity index (χ1) is 6.00. The zero-order chi connectivity index (χ0) is 10.0. The topological polar surface area (TPSA) is 20.3 Å². The van der Waals surface area contributed by atoms with E-state index < -0.39 is 0 Å². The van der Waals surface area contributed by atoms with Gasteiger partial charge in [-0.1, -0.05) is 23.2 Å². The highest BCUT2D eigenvalue weighted by Crippen LogP contribution is 2.24. The molecule has 0 saturated heterocycles. The third kappa shape index (κ3) is 2.61. The maximum absolute atomic E-state index is 11.0. The van der Waals surface area contributed by atoms with Crippen LogP contribution in [0.25, 0.3) is 0 Å². The van der Waals surface area contributed by atoms with E-state index in [2.05, 4.69) is 0 Å². The standard InChI is InChI=1S/C9H9Cl2NO/c1-6(13)12(2)9-4-7(10)3-8(11)5-9/h3-5H,1-2H3. The average molecular weight is 218 g/mol. The Balaban J connectivity index is 3.07. The Morgan fingerprint density at radius 3 is 2.08 bits per heavy atom. The van der Waals surface area contributed by atoms with Crippen molar-refractivity contribution in [3.8, 4) is 0 Å². The summed E-state index contributed by atoms with van der Waals surface area (Å²) in [5, 5.41) is 1.05. The van der Waals surface area contributed by atoms with Gasteiger partial charge >= 0.3 is 0 Å². The lowest BCUT2D eigenvalue weighted by Crippen LogP contribution is -2.22. The molecule has 0 aliphatic carbocycles. The quantitative estimate of drug-likeness (QED) is 0.709. The van der Waals surface area contributed by atoms with Crippen LogP contribution in [-0.4, -0.2) is 13.0 Å². The van der Waals surface area contributed by atoms with Crippen LogP contribution in [0.15, 0.2) is 18.2 Å². The van der Waals surface area contributed by atoms with Crippen LogP contribution in [0, 0.1) is 0 Å². The number of hydrogen-bond donors (Lipinski definition) is 0. The largest absolute Gasteiger partial charge is 0.316 e. The Labute approximate surface area is 87.1 Å². The smallest absolute Gasteiger partial charge is 0.223 e. The molecule has 0 spiro atoms. The number of amides is 1. The molecule has 0 aliphatic rings. The van der Waals surface area contributed by atoms with Crippen LogP contribution >= 0.6 is 23.2 Å². The second kappa shape index (κ2) is 3.99. The number of benzene rings is 1. The van der Waals surface area contributed by atoms with Gasteiger partial charge in [-0.05, 0) is 18.2 Å². The van der Waals surface area contributed by atoms with E-state index in [1.54, 1.807) is 25.2 Å². The summed E-state index contributed by atoms with van der Waals surface area (Å²) in [6.07, 6.45) is 0. The van der Waals surface area contributed by atoms with Gasteiger partial charge in [0.2, 0.25) is 5.91 Å². The molecule has 2 nitrogen and oxygen atoms in total. The van der Waals surface area contributed by atoms with E-state index in [4.69, 9.17) is 23.2 Å². The SMILES string of the molecule is CC(=O)N(C)c1cc(Cl)cc(Cl)c1. The highest BCUT2D eigenvalue weighted by Gasteiger charge is 2.06. The van der Waals surface area contributed by atoms with Crippen LogP contribution in [0.2, 0.25) is 10.0 Å². The fourth-order valence-corrected chi connectivity index (χ4v) is 1.43. The van der Waals surface area contributed by atoms with E-state index >= 15 is 0 Å². The summed E-state index contributed by atoms with van der Waals surface area (Å²) in [6.45, 7) is 1.48. The lowest BCUT2D eigenvalue weighted by molar-refractivity contribution is -0.116. The van der Waals surface area contributed by atoms with Crippen molar-refractivity contribution in [1.82, 2.24) is 0 Å². The molecule has 0 radical (unpaired) electrons. The van der Waals surface area contributed by atoms with Gasteiger partial charge in [-0.2, -0.15) is 0 Å². The fraction of sp³-hybridized carbons (Fsp3) is 0.222. The second-order valence-corrected chi connectivity index (χ2v) is 3.58. The molecule has 1 aromatic rings. The number of rotatable bonds is 1. The van der Waals surface area contributed by atoms with E-state index in [-0.39, 0.29) is 5.91 Å².